The Kier molecular flexibility index (Phi) is 4.83. The van der Waals surface area contributed by atoms with E-state index in [1.165, 1.54) is 8.66 Å². The molecule has 2 nitrogen and oxygen atoms in total. The summed E-state index contributed by atoms with van der Waals surface area (Å²) >= 11 is 5.14. The number of rotatable bonds is 5. The zero-order chi connectivity index (χ0) is 8.81. The van der Waals surface area contributed by atoms with E-state index in [1.807, 2.05) is 6.07 Å². The molecule has 0 aromatic carbocycles. The van der Waals surface area contributed by atoms with Gasteiger partial charge in [-0.1, -0.05) is 0 Å². The molecule has 0 saturated heterocycles. The summed E-state index contributed by atoms with van der Waals surface area (Å²) < 4.78 is 1.17. The Bertz CT molecular complexity index is 227. The second-order valence-corrected chi connectivity index (χ2v) is 5.01. The lowest BCUT2D eigenvalue weighted by Crippen LogP contribution is -2.14. The molecular weight excluding hydrogens is 238 g/mol. The smallest absolute Gasteiger partial charge is 0.0701 e. The van der Waals surface area contributed by atoms with Crippen LogP contribution in [0.3, 0.4) is 0 Å². The molecule has 4 heteroatoms. The Morgan fingerprint density at radius 1 is 1.50 bits per heavy atom. The number of aliphatic hydroxyl groups is 1. The summed E-state index contributed by atoms with van der Waals surface area (Å²) in [6.45, 7) is 2.05. The lowest BCUT2D eigenvalue weighted by atomic mass is 10.4. The molecule has 0 amide bonds. The molecule has 0 fully saturated rings. The Balaban J connectivity index is 2.15. The van der Waals surface area contributed by atoms with Crippen LogP contribution in [0.1, 0.15) is 11.3 Å². The van der Waals surface area contributed by atoms with Gasteiger partial charge in [-0.25, -0.2) is 0 Å². The predicted octanol–water partition coefficient (Wildman–Crippen LogP) is 1.98. The van der Waals surface area contributed by atoms with Crippen molar-refractivity contribution in [1.82, 2.24) is 5.32 Å². The van der Waals surface area contributed by atoms with Crippen molar-refractivity contribution in [2.75, 3.05) is 13.2 Å². The van der Waals surface area contributed by atoms with E-state index in [-0.39, 0.29) is 6.61 Å². The average Bonchev–Trinajstić information content (AvgIpc) is 2.45. The van der Waals surface area contributed by atoms with Crippen molar-refractivity contribution in [2.24, 2.45) is 0 Å². The number of nitrogens with one attached hydrogen (secondary N) is 1. The Labute approximate surface area is 84.7 Å². The van der Waals surface area contributed by atoms with Crippen LogP contribution in [-0.2, 0) is 6.54 Å². The molecule has 1 heterocycles. The van der Waals surface area contributed by atoms with Crippen LogP contribution in [0.25, 0.3) is 0 Å². The first-order valence-corrected chi connectivity index (χ1v) is 5.49. The van der Waals surface area contributed by atoms with Crippen molar-refractivity contribution in [3.8, 4) is 0 Å². The van der Waals surface area contributed by atoms with E-state index in [2.05, 4.69) is 27.3 Å². The molecule has 1 rings (SSSR count). The topological polar surface area (TPSA) is 32.3 Å². The fourth-order valence-electron chi connectivity index (χ4n) is 0.862. The van der Waals surface area contributed by atoms with E-state index in [1.54, 1.807) is 11.3 Å². The molecule has 68 valence electrons. The van der Waals surface area contributed by atoms with Crippen LogP contribution in [0, 0.1) is 0 Å². The third-order valence-corrected chi connectivity index (χ3v) is 3.06. The van der Waals surface area contributed by atoms with Gasteiger partial charge < -0.3 is 10.4 Å². The summed E-state index contributed by atoms with van der Waals surface area (Å²) in [5.74, 6) is 0. The van der Waals surface area contributed by atoms with E-state index < -0.39 is 0 Å². The number of thiophene rings is 1. The lowest BCUT2D eigenvalue weighted by molar-refractivity contribution is 0.286. The standard InChI is InChI=1S/C8H12BrNOS/c9-8-3-2-7(12-8)6-10-4-1-5-11/h2-3,10-11H,1,4-6H2. The van der Waals surface area contributed by atoms with Crippen molar-refractivity contribution >= 4 is 27.3 Å². The van der Waals surface area contributed by atoms with Gasteiger partial charge in [-0.15, -0.1) is 11.3 Å². The molecule has 0 saturated carbocycles. The second-order valence-electron chi connectivity index (χ2n) is 2.46. The molecule has 0 aliphatic carbocycles. The Morgan fingerprint density at radius 3 is 2.92 bits per heavy atom. The molecule has 1 aromatic heterocycles. The van der Waals surface area contributed by atoms with Crippen LogP contribution in [0.2, 0.25) is 0 Å². The van der Waals surface area contributed by atoms with Crippen LogP contribution < -0.4 is 5.32 Å². The highest BCUT2D eigenvalue weighted by Crippen LogP contribution is 2.21. The van der Waals surface area contributed by atoms with E-state index in [0.717, 1.165) is 19.5 Å². The fraction of sp³-hybridized carbons (Fsp3) is 0.500. The first-order chi connectivity index (χ1) is 5.83. The summed E-state index contributed by atoms with van der Waals surface area (Å²) in [6, 6.07) is 4.15. The molecule has 0 bridgehead atoms. The van der Waals surface area contributed by atoms with Gasteiger partial charge in [-0.3, -0.25) is 0 Å². The Hall–Kier alpha value is 0.1000. The summed E-state index contributed by atoms with van der Waals surface area (Å²) in [4.78, 5) is 1.32. The number of hydrogen-bond donors (Lipinski definition) is 2. The largest absolute Gasteiger partial charge is 0.396 e. The SMILES string of the molecule is OCCCNCc1ccc(Br)s1. The summed E-state index contributed by atoms with van der Waals surface area (Å²) in [6.07, 6.45) is 0.826. The van der Waals surface area contributed by atoms with Crippen LogP contribution in [0.15, 0.2) is 15.9 Å². The summed E-state index contributed by atoms with van der Waals surface area (Å²) in [7, 11) is 0. The fourth-order valence-corrected chi connectivity index (χ4v) is 2.32. The van der Waals surface area contributed by atoms with Gasteiger partial charge in [0, 0.05) is 18.0 Å². The molecule has 2 N–H and O–H groups in total. The van der Waals surface area contributed by atoms with E-state index in [0.29, 0.717) is 0 Å². The predicted molar refractivity (Wildman–Crippen MR) is 55.4 cm³/mol. The van der Waals surface area contributed by atoms with Gasteiger partial charge in [0.2, 0.25) is 0 Å². The van der Waals surface area contributed by atoms with Crippen molar-refractivity contribution in [3.05, 3.63) is 20.8 Å². The van der Waals surface area contributed by atoms with Crippen LogP contribution >= 0.6 is 27.3 Å². The molecule has 0 unspecified atom stereocenters. The van der Waals surface area contributed by atoms with Crippen LogP contribution in [0.4, 0.5) is 0 Å². The molecule has 0 spiro atoms. The van der Waals surface area contributed by atoms with Gasteiger partial charge in [0.1, 0.15) is 0 Å². The summed E-state index contributed by atoms with van der Waals surface area (Å²) in [5.41, 5.74) is 0. The molecule has 0 atom stereocenters. The maximum absolute atomic E-state index is 8.52. The minimum Gasteiger partial charge on any atom is -0.396 e. The number of halogens is 1. The first-order valence-electron chi connectivity index (χ1n) is 3.88. The highest BCUT2D eigenvalue weighted by molar-refractivity contribution is 9.11. The van der Waals surface area contributed by atoms with Crippen LogP contribution in [0.5, 0.6) is 0 Å². The summed E-state index contributed by atoms with van der Waals surface area (Å²) in [5, 5.41) is 11.8. The maximum atomic E-state index is 8.52. The van der Waals surface area contributed by atoms with E-state index in [9.17, 15) is 0 Å². The normalized spacial score (nSPS) is 10.5. The second kappa shape index (κ2) is 5.70. The van der Waals surface area contributed by atoms with Gasteiger partial charge in [-0.2, -0.15) is 0 Å². The van der Waals surface area contributed by atoms with Gasteiger partial charge in [0.05, 0.1) is 3.79 Å². The van der Waals surface area contributed by atoms with Gasteiger partial charge in [0.25, 0.3) is 0 Å². The lowest BCUT2D eigenvalue weighted by Gasteiger charge is -1.99. The van der Waals surface area contributed by atoms with Crippen molar-refractivity contribution in [3.63, 3.8) is 0 Å². The molecule has 12 heavy (non-hydrogen) atoms. The van der Waals surface area contributed by atoms with Crippen molar-refractivity contribution in [2.45, 2.75) is 13.0 Å². The highest BCUT2D eigenvalue weighted by atomic mass is 79.9. The Morgan fingerprint density at radius 2 is 2.33 bits per heavy atom. The van der Waals surface area contributed by atoms with Crippen LogP contribution in [-0.4, -0.2) is 18.3 Å². The number of hydrogen-bond acceptors (Lipinski definition) is 3. The maximum Gasteiger partial charge on any atom is 0.0701 e. The molecule has 1 aromatic rings. The zero-order valence-electron chi connectivity index (χ0n) is 6.72. The first kappa shape index (κ1) is 10.2. The quantitative estimate of drug-likeness (QED) is 0.783. The number of aliphatic hydroxyl groups excluding tert-OH is 1. The monoisotopic (exact) mass is 249 g/mol. The molecule has 0 radical (unpaired) electrons. The highest BCUT2D eigenvalue weighted by Gasteiger charge is 1.95. The molecule has 0 aliphatic rings. The van der Waals surface area contributed by atoms with Gasteiger partial charge in [0.15, 0.2) is 0 Å². The zero-order valence-corrected chi connectivity index (χ0v) is 9.12. The molecular formula is C8H12BrNOS. The van der Waals surface area contributed by atoms with E-state index >= 15 is 0 Å². The minimum atomic E-state index is 0.265. The van der Waals surface area contributed by atoms with Crippen molar-refractivity contribution < 1.29 is 5.11 Å². The van der Waals surface area contributed by atoms with Gasteiger partial charge in [-0.05, 0) is 41.0 Å². The van der Waals surface area contributed by atoms with Crippen molar-refractivity contribution in [1.29, 1.82) is 0 Å². The molecule has 0 aliphatic heterocycles. The third-order valence-electron chi connectivity index (χ3n) is 1.44. The van der Waals surface area contributed by atoms with Gasteiger partial charge >= 0.3 is 0 Å². The third kappa shape index (κ3) is 3.67. The van der Waals surface area contributed by atoms with E-state index in [4.69, 9.17) is 5.11 Å². The average molecular weight is 250 g/mol. The minimum absolute atomic E-state index is 0.265.